The van der Waals surface area contributed by atoms with Crippen molar-refractivity contribution in [3.8, 4) is 6.07 Å². The van der Waals surface area contributed by atoms with Crippen LogP contribution in [0.3, 0.4) is 0 Å². The lowest BCUT2D eigenvalue weighted by atomic mass is 9.89. The highest BCUT2D eigenvalue weighted by Gasteiger charge is 2.54. The molecule has 1 N–H and O–H groups in total. The van der Waals surface area contributed by atoms with Gasteiger partial charge < -0.3 is 5.11 Å². The van der Waals surface area contributed by atoms with Crippen molar-refractivity contribution in [2.24, 2.45) is 5.92 Å². The van der Waals surface area contributed by atoms with Gasteiger partial charge in [0.15, 0.2) is 5.69 Å². The van der Waals surface area contributed by atoms with Crippen LogP contribution >= 0.6 is 0 Å². The van der Waals surface area contributed by atoms with Crippen molar-refractivity contribution in [1.29, 1.82) is 5.26 Å². The van der Waals surface area contributed by atoms with Crippen LogP contribution in [0.15, 0.2) is 23.2 Å². The van der Waals surface area contributed by atoms with Crippen LogP contribution in [-0.4, -0.2) is 40.9 Å². The van der Waals surface area contributed by atoms with E-state index in [1.807, 2.05) is 0 Å². The van der Waals surface area contributed by atoms with Crippen molar-refractivity contribution < 1.29 is 18.3 Å². The molecule has 0 aromatic carbocycles. The Morgan fingerprint density at radius 2 is 2.24 bits per heavy atom. The van der Waals surface area contributed by atoms with Crippen LogP contribution in [0.25, 0.3) is 0 Å². The first-order valence-corrected chi connectivity index (χ1v) is 8.02. The van der Waals surface area contributed by atoms with Gasteiger partial charge in [0, 0.05) is 18.3 Å². The summed E-state index contributed by atoms with van der Waals surface area (Å²) < 4.78 is 26.9. The molecular weight excluding hydrogens is 294 g/mol. The number of hydrogen-bond acceptors (Lipinski definition) is 5. The van der Waals surface area contributed by atoms with E-state index < -0.39 is 28.0 Å². The number of nitriles is 1. The van der Waals surface area contributed by atoms with Crippen molar-refractivity contribution >= 4 is 16.0 Å². The van der Waals surface area contributed by atoms with Crippen molar-refractivity contribution in [2.75, 3.05) is 0 Å². The molecule has 0 radical (unpaired) electrons. The number of fused-ring (bicyclic) bond motifs is 2. The number of pyridine rings is 1. The Hall–Kier alpha value is -1.98. The van der Waals surface area contributed by atoms with Gasteiger partial charge in [0.25, 0.3) is 0 Å². The van der Waals surface area contributed by atoms with E-state index in [9.17, 15) is 18.3 Å². The molecule has 1 aromatic heterocycles. The summed E-state index contributed by atoms with van der Waals surface area (Å²) in [4.78, 5) is 14.9. The van der Waals surface area contributed by atoms with Gasteiger partial charge in [-0.05, 0) is 31.4 Å². The van der Waals surface area contributed by atoms with Crippen LogP contribution in [0.5, 0.6) is 0 Å². The number of aromatic nitrogens is 1. The molecule has 2 saturated heterocycles. The molecule has 2 aliphatic rings. The largest absolute Gasteiger partial charge is 0.481 e. The molecule has 110 valence electrons. The molecule has 2 fully saturated rings. The Labute approximate surface area is 121 Å². The van der Waals surface area contributed by atoms with Gasteiger partial charge in [-0.3, -0.25) is 4.79 Å². The van der Waals surface area contributed by atoms with Crippen LogP contribution < -0.4 is 0 Å². The van der Waals surface area contributed by atoms with E-state index >= 15 is 0 Å². The first-order valence-electron chi connectivity index (χ1n) is 6.58. The van der Waals surface area contributed by atoms with Crippen molar-refractivity contribution in [1.82, 2.24) is 9.29 Å². The monoisotopic (exact) mass is 307 g/mol. The molecule has 3 rings (SSSR count). The summed E-state index contributed by atoms with van der Waals surface area (Å²) in [5, 5.41) is 18.2. The number of nitrogens with zero attached hydrogens (tertiary/aromatic N) is 3. The van der Waals surface area contributed by atoms with E-state index in [0.29, 0.717) is 19.3 Å². The smallest absolute Gasteiger partial charge is 0.308 e. The van der Waals surface area contributed by atoms with Gasteiger partial charge in [0.05, 0.1) is 5.92 Å². The van der Waals surface area contributed by atoms with Gasteiger partial charge in [0.2, 0.25) is 10.0 Å². The number of carboxylic acids is 1. The topological polar surface area (TPSA) is 111 Å². The number of sulfonamides is 1. The van der Waals surface area contributed by atoms with Gasteiger partial charge in [-0.1, -0.05) is 0 Å². The van der Waals surface area contributed by atoms with Crippen molar-refractivity contribution in [2.45, 2.75) is 36.2 Å². The Bertz CT molecular complexity index is 740. The summed E-state index contributed by atoms with van der Waals surface area (Å²) in [7, 11) is -3.90. The number of carboxylic acid groups (broad SMARTS) is 1. The molecule has 8 heteroatoms. The highest BCUT2D eigenvalue weighted by atomic mass is 32.2. The van der Waals surface area contributed by atoms with Crippen LogP contribution in [0.2, 0.25) is 0 Å². The summed E-state index contributed by atoms with van der Waals surface area (Å²) in [6, 6.07) is 3.75. The number of aliphatic carboxylic acids is 1. The predicted octanol–water partition coefficient (Wildman–Crippen LogP) is 0.579. The minimum absolute atomic E-state index is 0.143. The molecule has 21 heavy (non-hydrogen) atoms. The van der Waals surface area contributed by atoms with Crippen LogP contribution in [0.4, 0.5) is 0 Å². The average molecular weight is 307 g/mol. The molecule has 3 unspecified atom stereocenters. The van der Waals surface area contributed by atoms with Crippen LogP contribution in [0.1, 0.15) is 25.0 Å². The fourth-order valence-electron chi connectivity index (χ4n) is 3.38. The zero-order chi connectivity index (χ0) is 15.2. The van der Waals surface area contributed by atoms with E-state index in [1.54, 1.807) is 6.07 Å². The van der Waals surface area contributed by atoms with E-state index in [1.165, 1.54) is 22.6 Å². The maximum Gasteiger partial charge on any atom is 0.308 e. The first kappa shape index (κ1) is 14.0. The van der Waals surface area contributed by atoms with Gasteiger partial charge >= 0.3 is 5.97 Å². The molecule has 2 bridgehead atoms. The normalized spacial score (nSPS) is 28.4. The summed E-state index contributed by atoms with van der Waals surface area (Å²) >= 11 is 0. The van der Waals surface area contributed by atoms with Crippen LogP contribution in [-0.2, 0) is 14.8 Å². The predicted molar refractivity (Wildman–Crippen MR) is 70.5 cm³/mol. The molecule has 1 aromatic rings. The molecule has 0 aliphatic carbocycles. The summed E-state index contributed by atoms with van der Waals surface area (Å²) in [6.07, 6.45) is 2.90. The standard InChI is InChI=1S/C13H13N3O4S/c14-7-10-12(2-1-5-15-10)21(19,20)16-8-3-4-11(16)9(6-8)13(17)18/h1-2,5,8-9,11H,3-4,6H2,(H,17,18). The highest BCUT2D eigenvalue weighted by molar-refractivity contribution is 7.89. The zero-order valence-electron chi connectivity index (χ0n) is 11.0. The third-order valence-electron chi connectivity index (χ3n) is 4.22. The molecule has 3 atom stereocenters. The second-order valence-electron chi connectivity index (χ2n) is 5.28. The van der Waals surface area contributed by atoms with Crippen LogP contribution in [0, 0.1) is 17.2 Å². The fraction of sp³-hybridized carbons (Fsp3) is 0.462. The minimum Gasteiger partial charge on any atom is -0.481 e. The molecule has 3 heterocycles. The lowest BCUT2D eigenvalue weighted by Crippen LogP contribution is -2.38. The highest BCUT2D eigenvalue weighted by Crippen LogP contribution is 2.45. The summed E-state index contributed by atoms with van der Waals surface area (Å²) in [5.41, 5.74) is -0.157. The molecule has 0 spiro atoms. The molecule has 7 nitrogen and oxygen atoms in total. The van der Waals surface area contributed by atoms with Gasteiger partial charge in [0.1, 0.15) is 11.0 Å². The number of hydrogen-bond donors (Lipinski definition) is 1. The summed E-state index contributed by atoms with van der Waals surface area (Å²) in [5.74, 6) is -1.63. The Kier molecular flexibility index (Phi) is 3.19. The Morgan fingerprint density at radius 3 is 2.86 bits per heavy atom. The number of rotatable bonds is 3. The number of carbonyl (C=O) groups is 1. The quantitative estimate of drug-likeness (QED) is 0.874. The maximum absolute atomic E-state index is 12.8. The maximum atomic E-state index is 12.8. The fourth-order valence-corrected chi connectivity index (χ4v) is 5.39. The molecule has 2 aliphatic heterocycles. The van der Waals surface area contributed by atoms with E-state index in [2.05, 4.69) is 4.98 Å². The van der Waals surface area contributed by atoms with Gasteiger partial charge in [-0.15, -0.1) is 0 Å². The first-order chi connectivity index (χ1) is 9.96. The third kappa shape index (κ3) is 2.01. The Balaban J connectivity index is 2.05. The summed E-state index contributed by atoms with van der Waals surface area (Å²) in [6.45, 7) is 0. The molecule has 0 saturated carbocycles. The van der Waals surface area contributed by atoms with Gasteiger partial charge in [-0.2, -0.15) is 9.57 Å². The molecular formula is C13H13N3O4S. The van der Waals surface area contributed by atoms with E-state index in [-0.39, 0.29) is 16.6 Å². The van der Waals surface area contributed by atoms with Crippen molar-refractivity contribution in [3.63, 3.8) is 0 Å². The second-order valence-corrected chi connectivity index (χ2v) is 7.09. The van der Waals surface area contributed by atoms with E-state index in [4.69, 9.17) is 5.26 Å². The minimum atomic E-state index is -3.90. The Morgan fingerprint density at radius 1 is 1.48 bits per heavy atom. The lowest BCUT2D eigenvalue weighted by Gasteiger charge is -2.22. The van der Waals surface area contributed by atoms with E-state index in [0.717, 1.165) is 0 Å². The lowest BCUT2D eigenvalue weighted by molar-refractivity contribution is -0.142. The SMILES string of the molecule is N#Cc1ncccc1S(=O)(=O)N1C2CCC1C(C(=O)O)C2. The average Bonchev–Trinajstić information content (AvgIpc) is 3.05. The second kappa shape index (κ2) is 4.79. The van der Waals surface area contributed by atoms with Gasteiger partial charge in [-0.25, -0.2) is 13.4 Å². The van der Waals surface area contributed by atoms with Crippen molar-refractivity contribution in [3.05, 3.63) is 24.0 Å². The zero-order valence-corrected chi connectivity index (χ0v) is 11.8. The third-order valence-corrected chi connectivity index (χ3v) is 6.23. The molecule has 0 amide bonds.